The van der Waals surface area contributed by atoms with Gasteiger partial charge in [0.2, 0.25) is 0 Å². The van der Waals surface area contributed by atoms with Crippen molar-refractivity contribution in [2.45, 2.75) is 92.8 Å². The Kier molecular flexibility index (Phi) is 10.2. The molecule has 0 unspecified atom stereocenters. The van der Waals surface area contributed by atoms with Crippen LogP contribution in [-0.4, -0.2) is 19.6 Å². The summed E-state index contributed by atoms with van der Waals surface area (Å²) in [5.41, 5.74) is 14.5. The van der Waals surface area contributed by atoms with E-state index in [1.165, 1.54) is 5.56 Å². The van der Waals surface area contributed by atoms with Crippen LogP contribution in [0, 0.1) is 13.8 Å². The smallest absolute Gasteiger partial charge is 0.149 e. The third-order valence-electron chi connectivity index (χ3n) is 12.7. The van der Waals surface area contributed by atoms with Gasteiger partial charge in [-0.15, -0.1) is 0 Å². The fourth-order valence-corrected chi connectivity index (χ4v) is 9.15. The third kappa shape index (κ3) is 8.37. The summed E-state index contributed by atoms with van der Waals surface area (Å²) in [7, 11) is 0. The van der Waals surface area contributed by atoms with E-state index < -0.39 is 24.5 Å². The van der Waals surface area contributed by atoms with Crippen molar-refractivity contribution in [2.75, 3.05) is 0 Å². The maximum atomic E-state index is 12.4. The van der Waals surface area contributed by atoms with E-state index in [1.807, 2.05) is 97.4 Å². The second-order valence-electron chi connectivity index (χ2n) is 18.5. The van der Waals surface area contributed by atoms with Gasteiger partial charge in [0.25, 0.3) is 0 Å². The summed E-state index contributed by atoms with van der Waals surface area (Å²) in [6, 6.07) is 49.9. The average Bonchev–Trinajstić information content (AvgIpc) is 3.72. The number of nitrogens with zero attached hydrogens (tertiary/aromatic N) is 3. The molecule has 0 aliphatic heterocycles. The molecule has 7 aromatic carbocycles. The van der Waals surface area contributed by atoms with Crippen LogP contribution in [0.5, 0.6) is 5.75 Å². The van der Waals surface area contributed by atoms with E-state index in [9.17, 15) is 13.3 Å². The number of para-hydroxylation sites is 1. The lowest BCUT2D eigenvalue weighted by Gasteiger charge is -2.22. The molecule has 66 heavy (non-hydrogen) atoms. The van der Waals surface area contributed by atoms with Gasteiger partial charge in [-0.3, -0.25) is 9.55 Å². The Hall–Kier alpha value is -7.04. The fourth-order valence-electron chi connectivity index (χ4n) is 9.15. The molecular formula is C62H61N3O. The molecule has 2 aromatic heterocycles. The van der Waals surface area contributed by atoms with Crippen molar-refractivity contribution in [3.05, 3.63) is 191 Å². The van der Waals surface area contributed by atoms with Gasteiger partial charge in [0.05, 0.1) is 28.0 Å². The molecule has 0 atom stereocenters. The van der Waals surface area contributed by atoms with Gasteiger partial charge in [-0.25, -0.2) is 4.98 Å². The van der Waals surface area contributed by atoms with Crippen molar-refractivity contribution in [3.63, 3.8) is 0 Å². The van der Waals surface area contributed by atoms with Gasteiger partial charge in [-0.1, -0.05) is 158 Å². The van der Waals surface area contributed by atoms with Crippen LogP contribution in [0.25, 0.3) is 83.9 Å². The summed E-state index contributed by atoms with van der Waals surface area (Å²) < 4.78 is 56.9. The van der Waals surface area contributed by atoms with Crippen molar-refractivity contribution >= 4 is 11.0 Å². The molecule has 0 radical (unpaired) electrons. The van der Waals surface area contributed by atoms with Gasteiger partial charge >= 0.3 is 0 Å². The van der Waals surface area contributed by atoms with E-state index in [0.29, 0.717) is 33.4 Å². The molecule has 9 rings (SSSR count). The van der Waals surface area contributed by atoms with Gasteiger partial charge < -0.3 is 5.11 Å². The maximum absolute atomic E-state index is 12.4. The number of aromatic nitrogens is 3. The molecule has 0 fully saturated rings. The van der Waals surface area contributed by atoms with Crippen molar-refractivity contribution < 1.29 is 13.3 Å². The second-order valence-corrected chi connectivity index (χ2v) is 18.5. The van der Waals surface area contributed by atoms with Gasteiger partial charge in [0.15, 0.2) is 0 Å². The van der Waals surface area contributed by atoms with Crippen LogP contribution in [0.4, 0.5) is 0 Å². The highest BCUT2D eigenvalue weighted by molar-refractivity contribution is 5.98. The molecular weight excluding hydrogens is 803 g/mol. The number of rotatable bonds is 11. The minimum Gasteiger partial charge on any atom is -0.507 e. The molecule has 0 amide bonds. The Labute approximate surface area is 400 Å². The van der Waals surface area contributed by atoms with Crippen LogP contribution in [-0.2, 0) is 0 Å². The summed E-state index contributed by atoms with van der Waals surface area (Å²) in [6.45, 7) is 14.3. The summed E-state index contributed by atoms with van der Waals surface area (Å²) in [4.78, 5) is 10.4. The Bertz CT molecular complexity index is 3500. The van der Waals surface area contributed by atoms with E-state index in [-0.39, 0.29) is 28.6 Å². The molecule has 0 aliphatic carbocycles. The first-order valence-corrected chi connectivity index (χ1v) is 22.8. The number of benzene rings is 7. The maximum Gasteiger partial charge on any atom is 0.149 e. The lowest BCUT2D eigenvalue weighted by molar-refractivity contribution is 0.466. The van der Waals surface area contributed by atoms with E-state index in [0.717, 1.165) is 61.3 Å². The first kappa shape index (κ1) is 37.2. The zero-order valence-corrected chi connectivity index (χ0v) is 39.4. The largest absolute Gasteiger partial charge is 0.507 e. The summed E-state index contributed by atoms with van der Waals surface area (Å²) in [5.74, 6) is -3.23. The molecule has 1 N–H and O–H groups in total. The monoisotopic (exact) mass is 870 g/mol. The number of aryl methyl sites for hydroxylation is 2. The number of hydrogen-bond donors (Lipinski definition) is 1. The molecule has 0 bridgehead atoms. The zero-order chi connectivity index (χ0) is 51.7. The van der Waals surface area contributed by atoms with Gasteiger partial charge in [-0.05, 0) is 159 Å². The molecule has 0 spiro atoms. The predicted octanol–water partition coefficient (Wildman–Crippen LogP) is 17.2. The highest BCUT2D eigenvalue weighted by Crippen LogP contribution is 2.45. The number of pyridine rings is 1. The number of hydrogen-bond acceptors (Lipinski definition) is 3. The van der Waals surface area contributed by atoms with Crippen molar-refractivity contribution in [1.29, 1.82) is 0 Å². The first-order chi connectivity index (χ1) is 33.9. The second kappa shape index (κ2) is 18.1. The molecule has 4 heteroatoms. The van der Waals surface area contributed by atoms with Crippen LogP contribution in [0.1, 0.15) is 121 Å². The normalized spacial score (nSPS) is 13.8. The van der Waals surface area contributed by atoms with E-state index >= 15 is 0 Å². The fraction of sp³-hybridized carbons (Fsp3) is 0.226. The highest BCUT2D eigenvalue weighted by atomic mass is 16.3. The molecule has 0 saturated carbocycles. The van der Waals surface area contributed by atoms with Gasteiger partial charge in [-0.2, -0.15) is 0 Å². The molecule has 9 aromatic rings. The Morgan fingerprint density at radius 2 is 1.23 bits per heavy atom. The van der Waals surface area contributed by atoms with Crippen LogP contribution < -0.4 is 0 Å². The molecule has 330 valence electrons. The van der Waals surface area contributed by atoms with Gasteiger partial charge in [0.1, 0.15) is 11.6 Å². The standard InChI is InChI=1S/C62H61N3O/c1-37(2)47-34-54(40(7)8)61(66)55(35-47)62-64-60-53(20-15-21-58(60)65(62)57-27-26-46(30-42(57)10)59-51(38(3)4)18-14-19-52(59)39(5)6)49-31-48(43-16-12-11-13-17-43)32-50(33-49)56-36-45(28-29-63-56)44-24-22-41(9)23-25-44/h11-40,66H,1-10H3/i10D3,37D,38D,40D. The van der Waals surface area contributed by atoms with Gasteiger partial charge in [0, 0.05) is 25.5 Å². The minimum absolute atomic E-state index is 0.0589. The van der Waals surface area contributed by atoms with Crippen LogP contribution >= 0.6 is 0 Å². The van der Waals surface area contributed by atoms with E-state index in [1.54, 1.807) is 45.9 Å². The Morgan fingerprint density at radius 3 is 1.94 bits per heavy atom. The number of fused-ring (bicyclic) bond motifs is 1. The first-order valence-electron chi connectivity index (χ1n) is 25.8. The highest BCUT2D eigenvalue weighted by Gasteiger charge is 2.25. The molecule has 4 nitrogen and oxygen atoms in total. The average molecular weight is 870 g/mol. The van der Waals surface area contributed by atoms with Crippen molar-refractivity contribution in [1.82, 2.24) is 14.5 Å². The van der Waals surface area contributed by atoms with Crippen LogP contribution in [0.3, 0.4) is 0 Å². The number of phenolic OH excluding ortho intramolecular Hbond substituents is 1. The quantitative estimate of drug-likeness (QED) is 0.141. The number of aromatic hydroxyl groups is 1. The van der Waals surface area contributed by atoms with Crippen LogP contribution in [0.15, 0.2) is 158 Å². The lowest BCUT2D eigenvalue weighted by Crippen LogP contribution is -2.04. The summed E-state index contributed by atoms with van der Waals surface area (Å²) >= 11 is 0. The Morgan fingerprint density at radius 1 is 0.545 bits per heavy atom. The summed E-state index contributed by atoms with van der Waals surface area (Å²) in [5, 5.41) is 12.4. The third-order valence-corrected chi connectivity index (χ3v) is 12.7. The molecule has 0 aliphatic rings. The lowest BCUT2D eigenvalue weighted by atomic mass is 9.84. The number of phenols is 1. The SMILES string of the molecule is [2H]C([2H])([2H])c1cc(-c2c(C(C)C)cccc2C([2H])(C)C)ccc1-n1c(-c2cc(C([2H])(C)C)cc(C([2H])(C)C)c2O)nc2c(-c3cc(-c4ccccc4)cc(-c4cc(-c5ccc(C)cc5)ccn4)c3)cccc21. The zero-order valence-electron chi connectivity index (χ0n) is 45.4. The number of imidazole rings is 1. The molecule has 0 saturated heterocycles. The minimum atomic E-state index is -2.64. The van der Waals surface area contributed by atoms with E-state index in [4.69, 9.17) is 9.97 Å². The predicted molar refractivity (Wildman–Crippen MR) is 279 cm³/mol. The van der Waals surface area contributed by atoms with Crippen molar-refractivity contribution in [2.24, 2.45) is 0 Å². The Balaban J connectivity index is 1.37. The topological polar surface area (TPSA) is 50.9 Å². The van der Waals surface area contributed by atoms with Crippen LogP contribution in [0.2, 0.25) is 0 Å². The summed E-state index contributed by atoms with van der Waals surface area (Å²) in [6.07, 6.45) is 1.84. The molecule has 2 heterocycles. The van der Waals surface area contributed by atoms with E-state index in [2.05, 4.69) is 81.4 Å². The van der Waals surface area contributed by atoms with Crippen molar-refractivity contribution in [3.8, 4) is 78.6 Å².